The summed E-state index contributed by atoms with van der Waals surface area (Å²) in [7, 11) is 0. The molecular weight excluding hydrogens is 274 g/mol. The maximum atomic E-state index is 6.55. The Morgan fingerprint density at radius 1 is 1.41 bits per heavy atom. The molecule has 0 bridgehead atoms. The number of nitrogens with zero attached hydrogens (tertiary/aromatic N) is 1. The van der Waals surface area contributed by atoms with E-state index in [9.17, 15) is 0 Å². The summed E-state index contributed by atoms with van der Waals surface area (Å²) in [5, 5.41) is 0. The van der Waals surface area contributed by atoms with Gasteiger partial charge in [0.15, 0.2) is 6.23 Å². The monoisotopic (exact) mass is 303 g/mol. The van der Waals surface area contributed by atoms with Crippen LogP contribution in [0.2, 0.25) is 0 Å². The van der Waals surface area contributed by atoms with Crippen LogP contribution in [0, 0.1) is 11.8 Å². The zero-order valence-corrected chi connectivity index (χ0v) is 14.3. The molecule has 3 nitrogen and oxygen atoms in total. The predicted molar refractivity (Wildman–Crippen MR) is 88.4 cm³/mol. The second-order valence-electron chi connectivity index (χ2n) is 7.81. The van der Waals surface area contributed by atoms with E-state index in [-0.39, 0.29) is 11.8 Å². The fraction of sp³-hybridized carbons (Fsp3) is 0.684. The van der Waals surface area contributed by atoms with Gasteiger partial charge in [-0.15, -0.1) is 0 Å². The van der Waals surface area contributed by atoms with Crippen molar-refractivity contribution in [2.24, 2.45) is 11.8 Å². The average Bonchev–Trinajstić information content (AvgIpc) is 2.95. The van der Waals surface area contributed by atoms with E-state index in [2.05, 4.69) is 39.2 Å². The first-order valence-electron chi connectivity index (χ1n) is 8.49. The molecule has 0 spiro atoms. The molecule has 0 radical (unpaired) electrons. The van der Waals surface area contributed by atoms with Crippen LogP contribution in [0.3, 0.4) is 0 Å². The molecule has 2 heterocycles. The number of rotatable bonds is 3. The van der Waals surface area contributed by atoms with Gasteiger partial charge in [-0.2, -0.15) is 0 Å². The van der Waals surface area contributed by atoms with Crippen molar-refractivity contribution in [3.05, 3.63) is 36.3 Å². The average molecular weight is 303 g/mol. The number of hydrogen-bond acceptors (Lipinski definition) is 3. The van der Waals surface area contributed by atoms with Crippen molar-refractivity contribution in [3.63, 3.8) is 0 Å². The van der Waals surface area contributed by atoms with E-state index in [4.69, 9.17) is 9.15 Å². The van der Waals surface area contributed by atoms with E-state index in [0.717, 1.165) is 30.2 Å². The van der Waals surface area contributed by atoms with Gasteiger partial charge in [0.2, 0.25) is 0 Å². The summed E-state index contributed by atoms with van der Waals surface area (Å²) in [4.78, 5) is 2.44. The fourth-order valence-electron chi connectivity index (χ4n) is 4.27. The molecule has 1 aliphatic heterocycles. The molecule has 0 amide bonds. The maximum absolute atomic E-state index is 6.55. The molecule has 1 saturated heterocycles. The molecule has 3 rings (SSSR count). The first-order chi connectivity index (χ1) is 10.4. The lowest BCUT2D eigenvalue weighted by atomic mass is 9.69. The first kappa shape index (κ1) is 15.8. The Balaban J connectivity index is 1.94. The van der Waals surface area contributed by atoms with Crippen molar-refractivity contribution in [1.29, 1.82) is 0 Å². The van der Waals surface area contributed by atoms with Crippen molar-refractivity contribution in [2.75, 3.05) is 6.54 Å². The Kier molecular flexibility index (Phi) is 4.21. The van der Waals surface area contributed by atoms with Gasteiger partial charge in [0.25, 0.3) is 0 Å². The molecule has 4 atom stereocenters. The molecule has 0 aromatic carbocycles. The molecule has 0 unspecified atom stereocenters. The van der Waals surface area contributed by atoms with Crippen LogP contribution in [0.4, 0.5) is 0 Å². The van der Waals surface area contributed by atoms with Gasteiger partial charge in [-0.1, -0.05) is 25.5 Å². The van der Waals surface area contributed by atoms with Crippen molar-refractivity contribution < 1.29 is 9.15 Å². The van der Waals surface area contributed by atoms with Crippen LogP contribution in [0.5, 0.6) is 0 Å². The molecule has 1 aliphatic carbocycles. The highest BCUT2D eigenvalue weighted by molar-refractivity contribution is 5.11. The molecule has 122 valence electrons. The lowest BCUT2D eigenvalue weighted by Gasteiger charge is -2.56. The van der Waals surface area contributed by atoms with Gasteiger partial charge < -0.3 is 9.15 Å². The molecule has 1 saturated carbocycles. The van der Waals surface area contributed by atoms with Gasteiger partial charge in [-0.05, 0) is 51.7 Å². The van der Waals surface area contributed by atoms with Crippen LogP contribution >= 0.6 is 0 Å². The van der Waals surface area contributed by atoms with Crippen LogP contribution in [-0.2, 0) is 4.74 Å². The van der Waals surface area contributed by atoms with Crippen LogP contribution < -0.4 is 0 Å². The summed E-state index contributed by atoms with van der Waals surface area (Å²) in [5.74, 6) is 2.24. The van der Waals surface area contributed by atoms with Crippen molar-refractivity contribution in [3.8, 4) is 0 Å². The van der Waals surface area contributed by atoms with Crippen LogP contribution in [-0.4, -0.2) is 23.1 Å². The van der Waals surface area contributed by atoms with Crippen LogP contribution in [0.15, 0.2) is 35.0 Å². The lowest BCUT2D eigenvalue weighted by Crippen LogP contribution is -2.61. The molecule has 3 heteroatoms. The van der Waals surface area contributed by atoms with E-state index in [1.807, 2.05) is 12.1 Å². The third-order valence-corrected chi connectivity index (χ3v) is 5.52. The van der Waals surface area contributed by atoms with Gasteiger partial charge in [0, 0.05) is 18.0 Å². The van der Waals surface area contributed by atoms with Crippen molar-refractivity contribution in [1.82, 2.24) is 4.90 Å². The molecule has 22 heavy (non-hydrogen) atoms. The number of fused-ring (bicyclic) bond motifs is 1. The Morgan fingerprint density at radius 3 is 2.82 bits per heavy atom. The quantitative estimate of drug-likeness (QED) is 0.752. The number of furan rings is 1. The first-order valence-corrected chi connectivity index (χ1v) is 8.49. The molecule has 0 N–H and O–H groups in total. The maximum Gasteiger partial charge on any atom is 0.170 e. The van der Waals surface area contributed by atoms with E-state index in [0.29, 0.717) is 12.0 Å². The minimum absolute atomic E-state index is 0.0828. The van der Waals surface area contributed by atoms with Crippen LogP contribution in [0.1, 0.15) is 58.9 Å². The Bertz CT molecular complexity index is 520. The number of hydrogen-bond donors (Lipinski definition) is 0. The van der Waals surface area contributed by atoms with Gasteiger partial charge in [-0.3, -0.25) is 4.90 Å². The van der Waals surface area contributed by atoms with Gasteiger partial charge >= 0.3 is 0 Å². The third-order valence-electron chi connectivity index (χ3n) is 5.52. The summed E-state index contributed by atoms with van der Waals surface area (Å²) in [6.45, 7) is 14.1. The normalized spacial score (nSPS) is 35.1. The Labute approximate surface area is 134 Å². The number of ether oxygens (including phenoxy) is 1. The Hall–Kier alpha value is -1.06. The molecule has 1 aromatic heterocycles. The van der Waals surface area contributed by atoms with Crippen molar-refractivity contribution in [2.45, 2.75) is 64.8 Å². The molecular formula is C19H29NO2. The summed E-state index contributed by atoms with van der Waals surface area (Å²) < 4.78 is 12.2. The van der Waals surface area contributed by atoms with Gasteiger partial charge in [0.1, 0.15) is 5.76 Å². The molecule has 2 fully saturated rings. The zero-order valence-electron chi connectivity index (χ0n) is 14.3. The van der Waals surface area contributed by atoms with Gasteiger partial charge in [0.05, 0.1) is 12.4 Å². The summed E-state index contributed by atoms with van der Waals surface area (Å²) in [6, 6.07) is 3.97. The van der Waals surface area contributed by atoms with E-state index in [1.54, 1.807) is 6.26 Å². The second-order valence-corrected chi connectivity index (χ2v) is 7.81. The van der Waals surface area contributed by atoms with E-state index >= 15 is 0 Å². The minimum Gasteiger partial charge on any atom is -0.465 e. The molecule has 2 aliphatic rings. The van der Waals surface area contributed by atoms with Crippen molar-refractivity contribution >= 4 is 0 Å². The topological polar surface area (TPSA) is 25.6 Å². The fourth-order valence-corrected chi connectivity index (χ4v) is 4.27. The summed E-state index contributed by atoms with van der Waals surface area (Å²) in [6.07, 6.45) is 5.67. The summed E-state index contributed by atoms with van der Waals surface area (Å²) in [5.41, 5.74) is 1.25. The third kappa shape index (κ3) is 2.77. The minimum atomic E-state index is -0.103. The zero-order chi connectivity index (χ0) is 15.9. The highest BCUT2D eigenvalue weighted by Crippen LogP contribution is 2.48. The Morgan fingerprint density at radius 2 is 2.18 bits per heavy atom. The largest absolute Gasteiger partial charge is 0.465 e. The van der Waals surface area contributed by atoms with Gasteiger partial charge in [-0.25, -0.2) is 0 Å². The second kappa shape index (κ2) is 5.86. The van der Waals surface area contributed by atoms with Crippen LogP contribution in [0.25, 0.3) is 0 Å². The van der Waals surface area contributed by atoms with E-state index in [1.165, 1.54) is 12.8 Å². The molecule has 1 aromatic rings. The van der Waals surface area contributed by atoms with E-state index < -0.39 is 0 Å². The standard InChI is InChI=1S/C19H29NO2/c1-13(2)12-20-18(16-7-6-10-21-16)22-17-11-14(3)8-9-15(17)19(20,4)5/h6-7,10,14-15,17-18H,1,8-9,11-12H2,2-5H3/t14-,15-,17-,18+/m1/s1. The predicted octanol–water partition coefficient (Wildman–Crippen LogP) is 4.77. The highest BCUT2D eigenvalue weighted by Gasteiger charge is 2.51. The summed E-state index contributed by atoms with van der Waals surface area (Å²) >= 11 is 0. The SMILES string of the molecule is C=C(C)CN1[C@H](c2ccco2)O[C@@H]2C[C@H](C)CC[C@H]2C1(C)C. The highest BCUT2D eigenvalue weighted by atomic mass is 16.5. The lowest BCUT2D eigenvalue weighted by molar-refractivity contribution is -0.239. The smallest absolute Gasteiger partial charge is 0.170 e.